The van der Waals surface area contributed by atoms with Crippen LogP contribution in [0.5, 0.6) is 0 Å². The summed E-state index contributed by atoms with van der Waals surface area (Å²) in [6.45, 7) is 1.69. The van der Waals surface area contributed by atoms with Gasteiger partial charge in [0.05, 0.1) is 5.25 Å². The van der Waals surface area contributed by atoms with Gasteiger partial charge in [0, 0.05) is 29.2 Å². The Bertz CT molecular complexity index is 773. The molecule has 1 N–H and O–H groups in total. The molecule has 0 aromatic heterocycles. The van der Waals surface area contributed by atoms with E-state index in [2.05, 4.69) is 17.4 Å². The van der Waals surface area contributed by atoms with E-state index in [0.717, 1.165) is 38.0 Å². The van der Waals surface area contributed by atoms with Gasteiger partial charge in [0.25, 0.3) is 5.91 Å². The van der Waals surface area contributed by atoms with E-state index in [1.165, 1.54) is 10.5 Å². The first kappa shape index (κ1) is 16.2. The summed E-state index contributed by atoms with van der Waals surface area (Å²) in [5, 5.41) is 2.88. The molecule has 5 heteroatoms. The summed E-state index contributed by atoms with van der Waals surface area (Å²) in [5.74, 6) is 0.0944. The van der Waals surface area contributed by atoms with E-state index in [0.29, 0.717) is 5.56 Å². The Morgan fingerprint density at radius 2 is 1.72 bits per heavy atom. The third kappa shape index (κ3) is 3.42. The van der Waals surface area contributed by atoms with Gasteiger partial charge in [-0.15, -0.1) is 11.8 Å². The molecule has 2 aliphatic heterocycles. The molecule has 4 rings (SSSR count). The largest absolute Gasteiger partial charge is 0.339 e. The first-order valence-corrected chi connectivity index (χ1v) is 9.53. The number of nitrogens with one attached hydrogen (secondary N) is 1. The number of thioether (sulfide) groups is 1. The van der Waals surface area contributed by atoms with Crippen LogP contribution in [0.1, 0.15) is 28.8 Å². The van der Waals surface area contributed by atoms with Gasteiger partial charge in [0.1, 0.15) is 0 Å². The van der Waals surface area contributed by atoms with E-state index in [1.54, 1.807) is 23.9 Å². The molecule has 2 aromatic carbocycles. The number of anilines is 1. The molecule has 2 amide bonds. The molecule has 2 aliphatic rings. The molecule has 2 heterocycles. The van der Waals surface area contributed by atoms with Crippen LogP contribution in [0.4, 0.5) is 5.69 Å². The van der Waals surface area contributed by atoms with Crippen LogP contribution in [0.15, 0.2) is 53.4 Å². The first-order valence-electron chi connectivity index (χ1n) is 8.65. The number of carbonyl (C=O) groups is 2. The summed E-state index contributed by atoms with van der Waals surface area (Å²) in [5.41, 5.74) is 2.65. The maximum absolute atomic E-state index is 12.5. The summed E-state index contributed by atoms with van der Waals surface area (Å²) in [7, 11) is 0. The molecule has 0 spiro atoms. The van der Waals surface area contributed by atoms with Crippen molar-refractivity contribution in [3.63, 3.8) is 0 Å². The van der Waals surface area contributed by atoms with Crippen molar-refractivity contribution in [2.24, 2.45) is 0 Å². The topological polar surface area (TPSA) is 49.4 Å². The lowest BCUT2D eigenvalue weighted by atomic mass is 10.1. The van der Waals surface area contributed by atoms with E-state index in [-0.39, 0.29) is 17.1 Å². The summed E-state index contributed by atoms with van der Waals surface area (Å²) < 4.78 is 0. The minimum absolute atomic E-state index is 0.0137. The molecule has 1 fully saturated rings. The molecule has 0 aliphatic carbocycles. The lowest BCUT2D eigenvalue weighted by Crippen LogP contribution is -2.27. The smallest absolute Gasteiger partial charge is 0.253 e. The van der Waals surface area contributed by atoms with Crippen molar-refractivity contribution in [1.29, 1.82) is 0 Å². The first-order chi connectivity index (χ1) is 12.2. The maximum Gasteiger partial charge on any atom is 0.253 e. The van der Waals surface area contributed by atoms with Crippen LogP contribution in [0.25, 0.3) is 0 Å². The van der Waals surface area contributed by atoms with E-state index < -0.39 is 0 Å². The monoisotopic (exact) mass is 352 g/mol. The lowest BCUT2D eigenvalue weighted by molar-refractivity contribution is -0.115. The normalized spacial score (nSPS) is 18.9. The van der Waals surface area contributed by atoms with Crippen molar-refractivity contribution in [1.82, 2.24) is 4.90 Å². The van der Waals surface area contributed by atoms with E-state index >= 15 is 0 Å². The number of rotatable bonds is 3. The Morgan fingerprint density at radius 1 is 1.00 bits per heavy atom. The van der Waals surface area contributed by atoms with Gasteiger partial charge in [-0.25, -0.2) is 0 Å². The summed E-state index contributed by atoms with van der Waals surface area (Å²) in [4.78, 5) is 27.9. The number of hydrogen-bond acceptors (Lipinski definition) is 3. The average Bonchev–Trinajstić information content (AvgIpc) is 3.31. The van der Waals surface area contributed by atoms with Crippen LogP contribution in [0.3, 0.4) is 0 Å². The molecule has 2 aromatic rings. The number of fused-ring (bicyclic) bond motifs is 1. The highest BCUT2D eigenvalue weighted by Crippen LogP contribution is 2.37. The number of hydrogen-bond donors (Lipinski definition) is 1. The van der Waals surface area contributed by atoms with E-state index in [9.17, 15) is 9.59 Å². The summed E-state index contributed by atoms with van der Waals surface area (Å²) in [6, 6.07) is 15.4. The molecule has 1 unspecified atom stereocenters. The second-order valence-corrected chi connectivity index (χ2v) is 7.73. The molecule has 25 heavy (non-hydrogen) atoms. The molecule has 0 radical (unpaired) electrons. The third-order valence-electron chi connectivity index (χ3n) is 4.73. The highest BCUT2D eigenvalue weighted by molar-refractivity contribution is 8.01. The molecular formula is C20H20N2O2S. The zero-order valence-electron chi connectivity index (χ0n) is 13.9. The van der Waals surface area contributed by atoms with Crippen LogP contribution in [-0.4, -0.2) is 35.1 Å². The van der Waals surface area contributed by atoms with Crippen LogP contribution in [0, 0.1) is 0 Å². The van der Waals surface area contributed by atoms with E-state index in [1.807, 2.05) is 29.2 Å². The average molecular weight is 352 g/mol. The minimum Gasteiger partial charge on any atom is -0.339 e. The van der Waals surface area contributed by atoms with Gasteiger partial charge >= 0.3 is 0 Å². The SMILES string of the molecule is O=C(Nc1ccc(C(=O)N2CCCC2)cc1)C1Cc2ccccc2S1. The van der Waals surface area contributed by atoms with Crippen LogP contribution in [-0.2, 0) is 11.2 Å². The van der Waals surface area contributed by atoms with Crippen molar-refractivity contribution in [3.8, 4) is 0 Å². The predicted octanol–water partition coefficient (Wildman–Crippen LogP) is 3.58. The summed E-state index contributed by atoms with van der Waals surface area (Å²) in [6.07, 6.45) is 2.93. The summed E-state index contributed by atoms with van der Waals surface area (Å²) >= 11 is 1.62. The zero-order chi connectivity index (χ0) is 17.2. The zero-order valence-corrected chi connectivity index (χ0v) is 14.7. The fraction of sp³-hybridized carbons (Fsp3) is 0.300. The van der Waals surface area contributed by atoms with Gasteiger partial charge in [0.15, 0.2) is 0 Å². The second kappa shape index (κ2) is 6.92. The molecule has 0 saturated carbocycles. The molecule has 0 bridgehead atoms. The van der Waals surface area contributed by atoms with Crippen LogP contribution in [0.2, 0.25) is 0 Å². The number of likely N-dealkylation sites (tertiary alicyclic amines) is 1. The van der Waals surface area contributed by atoms with Crippen molar-refractivity contribution >= 4 is 29.3 Å². The molecule has 4 nitrogen and oxygen atoms in total. The van der Waals surface area contributed by atoms with Crippen LogP contribution < -0.4 is 5.32 Å². The Hall–Kier alpha value is -2.27. The predicted molar refractivity (Wildman–Crippen MR) is 100 cm³/mol. The van der Waals surface area contributed by atoms with Crippen molar-refractivity contribution in [2.75, 3.05) is 18.4 Å². The standard InChI is InChI=1S/C20H20N2O2S/c23-19(18-13-15-5-1-2-6-17(15)25-18)21-16-9-7-14(8-10-16)20(24)22-11-3-4-12-22/h1-2,5-10,18H,3-4,11-13H2,(H,21,23). The van der Waals surface area contributed by atoms with Gasteiger partial charge in [-0.3, -0.25) is 9.59 Å². The van der Waals surface area contributed by atoms with Gasteiger partial charge in [-0.05, 0) is 55.2 Å². The number of carbonyl (C=O) groups excluding carboxylic acids is 2. The highest BCUT2D eigenvalue weighted by Gasteiger charge is 2.28. The van der Waals surface area contributed by atoms with Gasteiger partial charge < -0.3 is 10.2 Å². The molecule has 1 saturated heterocycles. The second-order valence-electron chi connectivity index (χ2n) is 6.48. The number of nitrogens with zero attached hydrogens (tertiary/aromatic N) is 1. The van der Waals surface area contributed by atoms with Crippen molar-refractivity contribution in [3.05, 3.63) is 59.7 Å². The number of amides is 2. The highest BCUT2D eigenvalue weighted by atomic mass is 32.2. The molecule has 128 valence electrons. The van der Waals surface area contributed by atoms with Crippen molar-refractivity contribution in [2.45, 2.75) is 29.4 Å². The molecule has 1 atom stereocenters. The fourth-order valence-electron chi connectivity index (χ4n) is 3.35. The van der Waals surface area contributed by atoms with Gasteiger partial charge in [0.2, 0.25) is 5.91 Å². The Morgan fingerprint density at radius 3 is 2.44 bits per heavy atom. The van der Waals surface area contributed by atoms with Crippen LogP contribution >= 0.6 is 11.8 Å². The Labute approximate surface area is 151 Å². The fourth-order valence-corrected chi connectivity index (χ4v) is 4.55. The van der Waals surface area contributed by atoms with Gasteiger partial charge in [-0.2, -0.15) is 0 Å². The van der Waals surface area contributed by atoms with Gasteiger partial charge in [-0.1, -0.05) is 18.2 Å². The Kier molecular flexibility index (Phi) is 4.49. The van der Waals surface area contributed by atoms with E-state index in [4.69, 9.17) is 0 Å². The number of benzene rings is 2. The minimum atomic E-state index is -0.0942. The molecular weight excluding hydrogens is 332 g/mol. The quantitative estimate of drug-likeness (QED) is 0.919. The maximum atomic E-state index is 12.5. The third-order valence-corrected chi connectivity index (χ3v) is 6.05. The Balaban J connectivity index is 1.38. The van der Waals surface area contributed by atoms with Crippen molar-refractivity contribution < 1.29 is 9.59 Å². The lowest BCUT2D eigenvalue weighted by Gasteiger charge is -2.15.